The van der Waals surface area contributed by atoms with Crippen LogP contribution in [-0.2, 0) is 9.47 Å². The molecule has 0 spiro atoms. The molecule has 0 aliphatic carbocycles. The molecule has 10 heteroatoms. The van der Waals surface area contributed by atoms with Gasteiger partial charge in [0.25, 0.3) is 0 Å². The van der Waals surface area contributed by atoms with Crippen LogP contribution in [0, 0.1) is 0 Å². The first-order valence-corrected chi connectivity index (χ1v) is 9.29. The number of nitrogens with one attached hydrogen (secondary N) is 1. The molecule has 0 aromatic carbocycles. The van der Waals surface area contributed by atoms with Crippen LogP contribution in [0.3, 0.4) is 0 Å². The van der Waals surface area contributed by atoms with Crippen molar-refractivity contribution < 1.29 is 24.8 Å². The van der Waals surface area contributed by atoms with Crippen LogP contribution < -0.4 is 5.32 Å². The van der Waals surface area contributed by atoms with Crippen molar-refractivity contribution in [3.05, 3.63) is 12.7 Å². The van der Waals surface area contributed by atoms with Crippen LogP contribution in [-0.4, -0.2) is 79.5 Å². The number of aliphatic hydroxyl groups excluding tert-OH is 3. The molecule has 3 rings (SSSR count). The lowest BCUT2D eigenvalue weighted by atomic mass is 10.1. The minimum absolute atomic E-state index is 0.385. The SMILES string of the molecule is CCCCOCCCNc1ncnc2c1ncn2C1OC(CO)C(O)C1O. The number of unbranched alkanes of at least 4 members (excludes halogenated alkanes) is 1. The summed E-state index contributed by atoms with van der Waals surface area (Å²) in [5, 5.41) is 32.6. The number of nitrogens with zero attached hydrogens (tertiary/aromatic N) is 4. The summed E-state index contributed by atoms with van der Waals surface area (Å²) in [6, 6.07) is 0. The second-order valence-corrected chi connectivity index (χ2v) is 6.52. The predicted molar refractivity (Wildman–Crippen MR) is 97.2 cm³/mol. The molecule has 27 heavy (non-hydrogen) atoms. The van der Waals surface area contributed by atoms with Crippen molar-refractivity contribution in [2.75, 3.05) is 31.7 Å². The number of rotatable bonds is 10. The van der Waals surface area contributed by atoms with Crippen LogP contribution in [0.1, 0.15) is 32.4 Å². The van der Waals surface area contributed by atoms with Crippen LogP contribution >= 0.6 is 0 Å². The van der Waals surface area contributed by atoms with Crippen molar-refractivity contribution in [2.45, 2.75) is 50.7 Å². The summed E-state index contributed by atoms with van der Waals surface area (Å²) in [5.74, 6) is 0.582. The van der Waals surface area contributed by atoms with Gasteiger partial charge in [-0.05, 0) is 12.8 Å². The van der Waals surface area contributed by atoms with E-state index < -0.39 is 24.5 Å². The third kappa shape index (κ3) is 4.36. The van der Waals surface area contributed by atoms with Crippen molar-refractivity contribution in [2.24, 2.45) is 0 Å². The third-order valence-corrected chi connectivity index (χ3v) is 4.55. The zero-order chi connectivity index (χ0) is 19.2. The van der Waals surface area contributed by atoms with E-state index in [-0.39, 0.29) is 6.61 Å². The maximum atomic E-state index is 10.2. The number of imidazole rings is 1. The van der Waals surface area contributed by atoms with E-state index in [0.717, 1.165) is 25.9 Å². The fraction of sp³-hybridized carbons (Fsp3) is 0.706. The van der Waals surface area contributed by atoms with Gasteiger partial charge < -0.3 is 30.1 Å². The third-order valence-electron chi connectivity index (χ3n) is 4.55. The zero-order valence-electron chi connectivity index (χ0n) is 15.4. The van der Waals surface area contributed by atoms with Gasteiger partial charge in [-0.25, -0.2) is 15.0 Å². The minimum Gasteiger partial charge on any atom is -0.394 e. The molecule has 2 aromatic heterocycles. The fourth-order valence-corrected chi connectivity index (χ4v) is 3.01. The molecule has 1 aliphatic rings. The van der Waals surface area contributed by atoms with Gasteiger partial charge >= 0.3 is 0 Å². The molecule has 0 bridgehead atoms. The number of ether oxygens (including phenoxy) is 2. The molecule has 0 radical (unpaired) electrons. The highest BCUT2D eigenvalue weighted by Gasteiger charge is 2.44. The van der Waals surface area contributed by atoms with Crippen LogP contribution in [0.4, 0.5) is 5.82 Å². The molecule has 0 saturated carbocycles. The van der Waals surface area contributed by atoms with Crippen molar-refractivity contribution in [3.63, 3.8) is 0 Å². The van der Waals surface area contributed by atoms with Crippen molar-refractivity contribution in [3.8, 4) is 0 Å². The highest BCUT2D eigenvalue weighted by molar-refractivity contribution is 5.82. The topological polar surface area (TPSA) is 135 Å². The fourth-order valence-electron chi connectivity index (χ4n) is 3.01. The molecule has 4 unspecified atom stereocenters. The van der Waals surface area contributed by atoms with Gasteiger partial charge in [0, 0.05) is 19.8 Å². The Labute approximate surface area is 157 Å². The number of fused-ring (bicyclic) bond motifs is 1. The monoisotopic (exact) mass is 381 g/mol. The van der Waals surface area contributed by atoms with Crippen LogP contribution in [0.15, 0.2) is 12.7 Å². The summed E-state index contributed by atoms with van der Waals surface area (Å²) < 4.78 is 12.6. The largest absolute Gasteiger partial charge is 0.394 e. The maximum absolute atomic E-state index is 10.2. The van der Waals surface area contributed by atoms with Crippen molar-refractivity contribution in [1.82, 2.24) is 19.5 Å². The van der Waals surface area contributed by atoms with E-state index in [1.54, 1.807) is 4.57 Å². The Balaban J connectivity index is 1.65. The molecule has 4 atom stereocenters. The Morgan fingerprint density at radius 2 is 2.00 bits per heavy atom. The Morgan fingerprint density at radius 3 is 2.74 bits per heavy atom. The van der Waals surface area contributed by atoms with E-state index in [1.807, 2.05) is 0 Å². The number of anilines is 1. The maximum Gasteiger partial charge on any atom is 0.167 e. The summed E-state index contributed by atoms with van der Waals surface area (Å²) in [6.07, 6.45) is 1.82. The first-order chi connectivity index (χ1) is 13.2. The van der Waals surface area contributed by atoms with E-state index in [2.05, 4.69) is 27.2 Å². The van der Waals surface area contributed by atoms with Crippen molar-refractivity contribution >= 4 is 17.0 Å². The van der Waals surface area contributed by atoms with Gasteiger partial charge in [0.05, 0.1) is 12.9 Å². The molecule has 10 nitrogen and oxygen atoms in total. The van der Waals surface area contributed by atoms with E-state index >= 15 is 0 Å². The number of hydrogen-bond donors (Lipinski definition) is 4. The van der Waals surface area contributed by atoms with Gasteiger partial charge in [-0.2, -0.15) is 0 Å². The predicted octanol–water partition coefficient (Wildman–Crippen LogP) is 0.0565. The van der Waals surface area contributed by atoms with Gasteiger partial charge in [0.2, 0.25) is 0 Å². The number of aliphatic hydroxyl groups is 3. The first kappa shape index (κ1) is 19.9. The summed E-state index contributed by atoms with van der Waals surface area (Å²) in [6.45, 7) is 3.88. The normalized spacial score (nSPS) is 25.3. The Kier molecular flexibility index (Phi) is 6.91. The van der Waals surface area contributed by atoms with Crippen LogP contribution in [0.2, 0.25) is 0 Å². The average molecular weight is 381 g/mol. The van der Waals surface area contributed by atoms with Gasteiger partial charge in [0.15, 0.2) is 23.2 Å². The summed E-state index contributed by atoms with van der Waals surface area (Å²) >= 11 is 0. The highest BCUT2D eigenvalue weighted by Crippen LogP contribution is 2.31. The van der Waals surface area contributed by atoms with Gasteiger partial charge in [-0.15, -0.1) is 0 Å². The molecule has 1 fully saturated rings. The Bertz CT molecular complexity index is 727. The van der Waals surface area contributed by atoms with E-state index in [0.29, 0.717) is 30.1 Å². The molecular formula is C17H27N5O5. The molecule has 0 amide bonds. The van der Waals surface area contributed by atoms with Gasteiger partial charge in [0.1, 0.15) is 24.6 Å². The molecule has 4 N–H and O–H groups in total. The molecule has 1 aliphatic heterocycles. The number of aromatic nitrogens is 4. The molecule has 150 valence electrons. The lowest BCUT2D eigenvalue weighted by molar-refractivity contribution is -0.0511. The van der Waals surface area contributed by atoms with E-state index in [4.69, 9.17) is 9.47 Å². The summed E-state index contributed by atoms with van der Waals surface area (Å²) in [5.41, 5.74) is 1.02. The molecule has 3 heterocycles. The zero-order valence-corrected chi connectivity index (χ0v) is 15.4. The van der Waals surface area contributed by atoms with Crippen LogP contribution in [0.25, 0.3) is 11.2 Å². The quantitative estimate of drug-likeness (QED) is 0.421. The number of hydrogen-bond acceptors (Lipinski definition) is 9. The molecule has 1 saturated heterocycles. The Morgan fingerprint density at radius 1 is 1.19 bits per heavy atom. The van der Waals surface area contributed by atoms with Crippen LogP contribution in [0.5, 0.6) is 0 Å². The summed E-state index contributed by atoms with van der Waals surface area (Å²) in [7, 11) is 0. The van der Waals surface area contributed by atoms with Gasteiger partial charge in [-0.1, -0.05) is 13.3 Å². The lowest BCUT2D eigenvalue weighted by Gasteiger charge is -2.16. The minimum atomic E-state index is -1.19. The smallest absolute Gasteiger partial charge is 0.167 e. The highest BCUT2D eigenvalue weighted by atomic mass is 16.6. The Hall–Kier alpha value is -1.85. The lowest BCUT2D eigenvalue weighted by Crippen LogP contribution is -2.33. The van der Waals surface area contributed by atoms with E-state index in [1.165, 1.54) is 12.7 Å². The first-order valence-electron chi connectivity index (χ1n) is 9.29. The molecular weight excluding hydrogens is 354 g/mol. The van der Waals surface area contributed by atoms with E-state index in [9.17, 15) is 15.3 Å². The second-order valence-electron chi connectivity index (χ2n) is 6.52. The van der Waals surface area contributed by atoms with Crippen molar-refractivity contribution in [1.29, 1.82) is 0 Å². The average Bonchev–Trinajstić information content (AvgIpc) is 3.23. The molecule has 2 aromatic rings. The van der Waals surface area contributed by atoms with Gasteiger partial charge in [-0.3, -0.25) is 4.57 Å². The summed E-state index contributed by atoms with van der Waals surface area (Å²) in [4.78, 5) is 12.8. The standard InChI is InChI=1S/C17H27N5O5/c1-2-3-6-26-7-4-5-18-15-12-16(20-9-19-15)22(10-21-12)17-14(25)13(24)11(8-23)27-17/h9-11,13-14,17,23-25H,2-8H2,1H3,(H,18,19,20). The second kappa shape index (κ2) is 9.38.